The molecule has 0 amide bonds. The summed E-state index contributed by atoms with van der Waals surface area (Å²) >= 11 is 0. The van der Waals surface area contributed by atoms with Crippen LogP contribution in [-0.4, -0.2) is 6.18 Å². The van der Waals surface area contributed by atoms with E-state index in [-0.39, 0.29) is 0 Å². The van der Waals surface area contributed by atoms with E-state index in [0.29, 0.717) is 0 Å². The highest BCUT2D eigenvalue weighted by Gasteiger charge is 2.22. The molecule has 0 spiro atoms. The second-order valence-electron chi connectivity index (χ2n) is 1.09. The minimum absolute atomic E-state index is 0.650. The van der Waals surface area contributed by atoms with E-state index in [1.165, 1.54) is 0 Å². The van der Waals surface area contributed by atoms with E-state index < -0.39 is 18.3 Å². The Morgan fingerprint density at radius 3 is 1.78 bits per heavy atom. The lowest BCUT2D eigenvalue weighted by molar-refractivity contribution is -0.0798. The number of hydrogen-bond donors (Lipinski definition) is 0. The maximum atomic E-state index is 11.0. The Kier molecular flexibility index (Phi) is 2.40. The van der Waals surface area contributed by atoms with Crippen LogP contribution in [0.1, 0.15) is 0 Å². The smallest absolute Gasteiger partial charge is 0.166 e. The summed E-state index contributed by atoms with van der Waals surface area (Å²) in [6.07, 6.45) is -7.83. The van der Waals surface area contributed by atoms with Crippen LogP contribution in [-0.2, 0) is 0 Å². The highest BCUT2D eigenvalue weighted by molar-refractivity contribution is 4.89. The Labute approximate surface area is 47.3 Å². The number of alkyl halides is 3. The molecular formula is C4HF5. The van der Waals surface area contributed by atoms with Gasteiger partial charge in [0.05, 0.1) is 6.08 Å². The highest BCUT2D eigenvalue weighted by Crippen LogP contribution is 2.15. The van der Waals surface area contributed by atoms with Crippen LogP contribution < -0.4 is 0 Å². The van der Waals surface area contributed by atoms with Gasteiger partial charge >= 0.3 is 12.3 Å². The normalized spacial score (nSPS) is 10.3. The second kappa shape index (κ2) is 2.64. The largest absolute Gasteiger partial charge is 0.417 e. The molecule has 0 aromatic carbocycles. The molecular weight excluding hydrogens is 143 g/mol. The zero-order valence-electron chi connectivity index (χ0n) is 3.97. The predicted molar refractivity (Wildman–Crippen MR) is 19.9 cm³/mol. The summed E-state index contributed by atoms with van der Waals surface area (Å²) in [6, 6.07) is 0. The third-order valence-corrected chi connectivity index (χ3v) is 0.345. The standard InChI is InChI=1S/C4HF5/c5-3(6)1-2-4(7,8)9/h2H. The molecule has 0 aliphatic carbocycles. The van der Waals surface area contributed by atoms with Crippen molar-refractivity contribution < 1.29 is 22.0 Å². The van der Waals surface area contributed by atoms with Gasteiger partial charge in [-0.3, -0.25) is 0 Å². The van der Waals surface area contributed by atoms with Crippen molar-refractivity contribution in [2.24, 2.45) is 0 Å². The molecule has 0 bridgehead atoms. The van der Waals surface area contributed by atoms with Gasteiger partial charge in [-0.25, -0.2) is 0 Å². The van der Waals surface area contributed by atoms with Crippen LogP contribution in [0, 0.1) is 0 Å². The molecule has 0 saturated carbocycles. The molecule has 0 atom stereocenters. The van der Waals surface area contributed by atoms with Crippen LogP contribution >= 0.6 is 0 Å². The van der Waals surface area contributed by atoms with Crippen molar-refractivity contribution in [2.75, 3.05) is 0 Å². The molecule has 0 fully saturated rings. The molecule has 0 nitrogen and oxygen atoms in total. The Morgan fingerprint density at radius 2 is 1.67 bits per heavy atom. The first-order valence-electron chi connectivity index (χ1n) is 1.77. The number of allylic oxidation sites excluding steroid dienone is 1. The molecule has 52 valence electrons. The molecule has 0 heterocycles. The molecule has 0 aromatic rings. The average Bonchev–Trinajstić information content (AvgIpc) is 1.59. The van der Waals surface area contributed by atoms with Gasteiger partial charge in [0.2, 0.25) is 0 Å². The molecule has 0 aliphatic rings. The SMILES string of the molecule is FC(F)=C=CC(F)(F)F. The summed E-state index contributed by atoms with van der Waals surface area (Å²) in [5.41, 5.74) is 0.719. The summed E-state index contributed by atoms with van der Waals surface area (Å²) in [5, 5.41) is 0. The van der Waals surface area contributed by atoms with Crippen LogP contribution in [0.2, 0.25) is 0 Å². The van der Waals surface area contributed by atoms with Crippen LogP contribution in [0.5, 0.6) is 0 Å². The first-order valence-corrected chi connectivity index (χ1v) is 1.77. The molecule has 0 rings (SSSR count). The maximum Gasteiger partial charge on any atom is 0.417 e. The van der Waals surface area contributed by atoms with Gasteiger partial charge in [-0.15, -0.1) is 0 Å². The quantitative estimate of drug-likeness (QED) is 0.362. The van der Waals surface area contributed by atoms with E-state index >= 15 is 0 Å². The van der Waals surface area contributed by atoms with Gasteiger partial charge < -0.3 is 0 Å². The molecule has 0 saturated heterocycles. The average molecular weight is 144 g/mol. The summed E-state index contributed by atoms with van der Waals surface area (Å²) in [4.78, 5) is 0. The van der Waals surface area contributed by atoms with Gasteiger partial charge in [-0.1, -0.05) is 0 Å². The Balaban J connectivity index is 4.17. The van der Waals surface area contributed by atoms with Crippen molar-refractivity contribution in [1.29, 1.82) is 0 Å². The lowest BCUT2D eigenvalue weighted by atomic mass is 10.6. The number of hydrogen-bond acceptors (Lipinski definition) is 0. The number of rotatable bonds is 0. The minimum atomic E-state index is -4.70. The predicted octanol–water partition coefficient (Wildman–Crippen LogP) is 2.48. The Hall–Kier alpha value is -0.830. The van der Waals surface area contributed by atoms with Gasteiger partial charge in [0.25, 0.3) is 0 Å². The minimum Gasteiger partial charge on any atom is -0.166 e. The fourth-order valence-corrected chi connectivity index (χ4v) is 0.136. The van der Waals surface area contributed by atoms with E-state index in [1.54, 1.807) is 0 Å². The van der Waals surface area contributed by atoms with Gasteiger partial charge in [-0.2, -0.15) is 22.0 Å². The fraction of sp³-hybridized carbons (Fsp3) is 0.250. The second-order valence-corrected chi connectivity index (χ2v) is 1.09. The van der Waals surface area contributed by atoms with E-state index in [0.717, 1.165) is 5.73 Å². The van der Waals surface area contributed by atoms with E-state index in [2.05, 4.69) is 0 Å². The topological polar surface area (TPSA) is 0 Å². The molecule has 0 aromatic heterocycles. The van der Waals surface area contributed by atoms with Crippen molar-refractivity contribution in [3.05, 3.63) is 17.9 Å². The number of halogens is 5. The van der Waals surface area contributed by atoms with Crippen molar-refractivity contribution in [2.45, 2.75) is 6.18 Å². The third kappa shape index (κ3) is 7.17. The van der Waals surface area contributed by atoms with E-state index in [9.17, 15) is 22.0 Å². The molecule has 0 radical (unpaired) electrons. The summed E-state index contributed by atoms with van der Waals surface area (Å²) in [5.74, 6) is 0. The lowest BCUT2D eigenvalue weighted by Crippen LogP contribution is -1.99. The van der Waals surface area contributed by atoms with Crippen LogP contribution in [0.25, 0.3) is 0 Å². The monoisotopic (exact) mass is 144 g/mol. The van der Waals surface area contributed by atoms with Gasteiger partial charge in [0.15, 0.2) is 0 Å². The molecule has 9 heavy (non-hydrogen) atoms. The lowest BCUT2D eigenvalue weighted by Gasteiger charge is -1.91. The van der Waals surface area contributed by atoms with E-state index in [1.807, 2.05) is 0 Å². The summed E-state index contributed by atoms with van der Waals surface area (Å²) in [6.45, 7) is 0. The summed E-state index contributed by atoms with van der Waals surface area (Å²) < 4.78 is 54.5. The molecule has 5 heteroatoms. The van der Waals surface area contributed by atoms with Crippen LogP contribution in [0.4, 0.5) is 22.0 Å². The Morgan fingerprint density at radius 1 is 1.22 bits per heavy atom. The summed E-state index contributed by atoms with van der Waals surface area (Å²) in [7, 11) is 0. The van der Waals surface area contributed by atoms with Crippen LogP contribution in [0.3, 0.4) is 0 Å². The van der Waals surface area contributed by atoms with E-state index in [4.69, 9.17) is 0 Å². The molecule has 0 aliphatic heterocycles. The Bertz CT molecular complexity index is 143. The van der Waals surface area contributed by atoms with Gasteiger partial charge in [0, 0.05) is 0 Å². The van der Waals surface area contributed by atoms with Crippen molar-refractivity contribution in [3.63, 3.8) is 0 Å². The fourth-order valence-electron chi connectivity index (χ4n) is 0.136. The van der Waals surface area contributed by atoms with Crippen molar-refractivity contribution >= 4 is 0 Å². The first kappa shape index (κ1) is 8.17. The first-order chi connectivity index (χ1) is 3.92. The van der Waals surface area contributed by atoms with Crippen molar-refractivity contribution in [3.8, 4) is 0 Å². The maximum absolute atomic E-state index is 11.0. The molecule has 0 N–H and O–H groups in total. The van der Waals surface area contributed by atoms with Crippen LogP contribution in [0.15, 0.2) is 17.9 Å². The highest BCUT2D eigenvalue weighted by atomic mass is 19.4. The van der Waals surface area contributed by atoms with Gasteiger partial charge in [-0.05, 0) is 5.73 Å². The zero-order valence-corrected chi connectivity index (χ0v) is 3.97. The molecule has 0 unspecified atom stereocenters. The van der Waals surface area contributed by atoms with Gasteiger partial charge in [0.1, 0.15) is 0 Å². The van der Waals surface area contributed by atoms with Crippen molar-refractivity contribution in [1.82, 2.24) is 0 Å². The zero-order chi connectivity index (χ0) is 7.49. The third-order valence-electron chi connectivity index (χ3n) is 0.345.